The van der Waals surface area contributed by atoms with E-state index < -0.39 is 0 Å². The normalized spacial score (nSPS) is 10.4. The molecule has 1 aromatic heterocycles. The summed E-state index contributed by atoms with van der Waals surface area (Å²) in [6.45, 7) is 0.667. The minimum absolute atomic E-state index is 0.441. The van der Waals surface area contributed by atoms with E-state index in [1.807, 2.05) is 30.3 Å². The Balaban J connectivity index is 1.60. The second kappa shape index (κ2) is 8.69. The molecule has 0 aliphatic rings. The molecule has 0 unspecified atom stereocenters. The van der Waals surface area contributed by atoms with E-state index in [0.29, 0.717) is 29.1 Å². The van der Waals surface area contributed by atoms with Crippen molar-refractivity contribution in [3.05, 3.63) is 64.3 Å². The summed E-state index contributed by atoms with van der Waals surface area (Å²) in [5.74, 6) is 1.62. The van der Waals surface area contributed by atoms with Crippen LogP contribution < -0.4 is 15.4 Å². The molecule has 2 N–H and O–H groups in total. The van der Waals surface area contributed by atoms with Crippen molar-refractivity contribution in [2.75, 3.05) is 24.3 Å². The Morgan fingerprint density at radius 3 is 2.77 bits per heavy atom. The van der Waals surface area contributed by atoms with Gasteiger partial charge in [0.1, 0.15) is 5.75 Å². The lowest BCUT2D eigenvalue weighted by atomic mass is 10.1. The Hall–Kier alpha value is -2.57. The lowest BCUT2D eigenvalue weighted by molar-refractivity contribution is 0.415. The monoisotopic (exact) mass is 389 g/mol. The van der Waals surface area contributed by atoms with Crippen molar-refractivity contribution >= 4 is 40.7 Å². The molecule has 8 heteroatoms. The number of anilines is 3. The molecule has 0 saturated carbocycles. The first-order chi connectivity index (χ1) is 12.6. The fourth-order valence-corrected chi connectivity index (χ4v) is 2.81. The van der Waals surface area contributed by atoms with Crippen LogP contribution in [0, 0.1) is 0 Å². The highest BCUT2D eigenvalue weighted by molar-refractivity contribution is 6.32. The minimum atomic E-state index is 0.441. The Bertz CT molecular complexity index is 891. The van der Waals surface area contributed by atoms with E-state index in [2.05, 4.69) is 25.8 Å². The molecule has 1 heterocycles. The summed E-state index contributed by atoms with van der Waals surface area (Å²) in [4.78, 5) is 4.39. The van der Waals surface area contributed by atoms with Crippen LogP contribution in [-0.4, -0.2) is 28.8 Å². The van der Waals surface area contributed by atoms with E-state index in [1.165, 1.54) is 0 Å². The summed E-state index contributed by atoms with van der Waals surface area (Å²) in [5.41, 5.74) is 1.92. The van der Waals surface area contributed by atoms with Gasteiger partial charge in [-0.25, -0.2) is 0 Å². The lowest BCUT2D eigenvalue weighted by Crippen LogP contribution is -2.09. The third kappa shape index (κ3) is 4.97. The molecular formula is C18H17Cl2N5O. The number of hydrogen-bond acceptors (Lipinski definition) is 6. The molecule has 3 aromatic rings. The van der Waals surface area contributed by atoms with Crippen LogP contribution in [0.25, 0.3) is 0 Å². The molecule has 0 aliphatic heterocycles. The number of benzene rings is 2. The fourth-order valence-electron chi connectivity index (χ4n) is 2.34. The summed E-state index contributed by atoms with van der Waals surface area (Å²) >= 11 is 12.1. The summed E-state index contributed by atoms with van der Waals surface area (Å²) in [6.07, 6.45) is 2.34. The molecule has 0 radical (unpaired) electrons. The van der Waals surface area contributed by atoms with Crippen LogP contribution in [-0.2, 0) is 6.42 Å². The predicted octanol–water partition coefficient (Wildman–Crippen LogP) is 4.59. The Kier molecular flexibility index (Phi) is 6.09. The molecule has 134 valence electrons. The van der Waals surface area contributed by atoms with Gasteiger partial charge < -0.3 is 15.4 Å². The summed E-state index contributed by atoms with van der Waals surface area (Å²) in [5, 5.41) is 15.5. The van der Waals surface area contributed by atoms with Crippen LogP contribution in [0.5, 0.6) is 5.75 Å². The van der Waals surface area contributed by atoms with Crippen molar-refractivity contribution < 1.29 is 4.74 Å². The van der Waals surface area contributed by atoms with E-state index in [-0.39, 0.29) is 0 Å². The van der Waals surface area contributed by atoms with Crippen molar-refractivity contribution in [1.82, 2.24) is 15.2 Å². The number of hydrogen-bond donors (Lipinski definition) is 2. The quantitative estimate of drug-likeness (QED) is 0.615. The molecule has 0 bridgehead atoms. The maximum atomic E-state index is 6.13. The van der Waals surface area contributed by atoms with Crippen molar-refractivity contribution in [2.45, 2.75) is 6.42 Å². The molecule has 0 aliphatic carbocycles. The van der Waals surface area contributed by atoms with Crippen molar-refractivity contribution in [1.29, 1.82) is 0 Å². The lowest BCUT2D eigenvalue weighted by Gasteiger charge is -2.09. The first-order valence-corrected chi connectivity index (χ1v) is 8.68. The predicted molar refractivity (Wildman–Crippen MR) is 105 cm³/mol. The molecule has 26 heavy (non-hydrogen) atoms. The van der Waals surface area contributed by atoms with Crippen LogP contribution >= 0.6 is 23.2 Å². The highest BCUT2D eigenvalue weighted by Crippen LogP contribution is 2.28. The smallest absolute Gasteiger partial charge is 0.244 e. The number of ether oxygens (including phenoxy) is 1. The molecule has 0 fully saturated rings. The third-order valence-electron chi connectivity index (χ3n) is 3.57. The van der Waals surface area contributed by atoms with Gasteiger partial charge in [0.2, 0.25) is 5.95 Å². The molecule has 0 atom stereocenters. The Morgan fingerprint density at radius 2 is 2.00 bits per heavy atom. The van der Waals surface area contributed by atoms with E-state index >= 15 is 0 Å². The van der Waals surface area contributed by atoms with Gasteiger partial charge in [-0.15, -0.1) is 5.10 Å². The summed E-state index contributed by atoms with van der Waals surface area (Å²) in [7, 11) is 1.57. The molecule has 0 amide bonds. The maximum absolute atomic E-state index is 6.13. The second-order valence-corrected chi connectivity index (χ2v) is 6.29. The van der Waals surface area contributed by atoms with Gasteiger partial charge >= 0.3 is 0 Å². The molecule has 3 rings (SSSR count). The number of aromatic nitrogens is 3. The van der Waals surface area contributed by atoms with Crippen LogP contribution in [0.3, 0.4) is 0 Å². The van der Waals surface area contributed by atoms with Gasteiger partial charge in [-0.05, 0) is 42.3 Å². The number of nitrogens with zero attached hydrogens (tertiary/aromatic N) is 3. The van der Waals surface area contributed by atoms with Crippen LogP contribution in [0.1, 0.15) is 5.56 Å². The highest BCUT2D eigenvalue weighted by Gasteiger charge is 2.05. The van der Waals surface area contributed by atoms with E-state index in [0.717, 1.165) is 22.7 Å². The summed E-state index contributed by atoms with van der Waals surface area (Å²) in [6, 6.07) is 13.1. The van der Waals surface area contributed by atoms with E-state index in [4.69, 9.17) is 27.9 Å². The first kappa shape index (κ1) is 18.2. The average Bonchev–Trinajstić information content (AvgIpc) is 2.62. The van der Waals surface area contributed by atoms with Crippen LogP contribution in [0.15, 0.2) is 48.7 Å². The molecule has 0 saturated heterocycles. The maximum Gasteiger partial charge on any atom is 0.244 e. The van der Waals surface area contributed by atoms with E-state index in [9.17, 15) is 0 Å². The average molecular weight is 390 g/mol. The van der Waals surface area contributed by atoms with Crippen molar-refractivity contribution in [3.8, 4) is 5.75 Å². The third-order valence-corrected chi connectivity index (χ3v) is 4.10. The van der Waals surface area contributed by atoms with Crippen molar-refractivity contribution in [3.63, 3.8) is 0 Å². The Labute approximate surface area is 161 Å². The van der Waals surface area contributed by atoms with Gasteiger partial charge in [-0.3, -0.25) is 0 Å². The zero-order valence-corrected chi connectivity index (χ0v) is 15.6. The second-order valence-electron chi connectivity index (χ2n) is 5.45. The topological polar surface area (TPSA) is 72.0 Å². The van der Waals surface area contributed by atoms with Gasteiger partial charge in [0.05, 0.1) is 18.3 Å². The highest BCUT2D eigenvalue weighted by atomic mass is 35.5. The number of methoxy groups -OCH3 is 1. The molecular weight excluding hydrogens is 373 g/mol. The van der Waals surface area contributed by atoms with Gasteiger partial charge in [-0.2, -0.15) is 10.1 Å². The van der Waals surface area contributed by atoms with Crippen LogP contribution in [0.4, 0.5) is 17.5 Å². The van der Waals surface area contributed by atoms with Gasteiger partial charge in [-0.1, -0.05) is 35.3 Å². The van der Waals surface area contributed by atoms with Gasteiger partial charge in [0.15, 0.2) is 5.82 Å². The molecule has 2 aromatic carbocycles. The zero-order chi connectivity index (χ0) is 18.4. The standard InChI is InChI=1S/C18H17Cl2N5O/c1-26-16-6-5-14(10-15(16)20)23-17-11-22-25-18(24-17)21-8-7-12-3-2-4-13(19)9-12/h2-6,9-11H,7-8H2,1H3,(H2,21,23,24,25). The number of nitrogens with one attached hydrogen (secondary N) is 2. The van der Waals surface area contributed by atoms with Crippen LogP contribution in [0.2, 0.25) is 10.0 Å². The fraction of sp³-hybridized carbons (Fsp3) is 0.167. The number of rotatable bonds is 7. The minimum Gasteiger partial charge on any atom is -0.495 e. The summed E-state index contributed by atoms with van der Waals surface area (Å²) < 4.78 is 5.14. The molecule has 0 spiro atoms. The first-order valence-electron chi connectivity index (χ1n) is 7.92. The Morgan fingerprint density at radius 1 is 1.12 bits per heavy atom. The zero-order valence-electron chi connectivity index (χ0n) is 14.0. The van der Waals surface area contributed by atoms with Gasteiger partial charge in [0, 0.05) is 17.3 Å². The van der Waals surface area contributed by atoms with Crippen molar-refractivity contribution in [2.24, 2.45) is 0 Å². The molecule has 6 nitrogen and oxygen atoms in total. The van der Waals surface area contributed by atoms with Gasteiger partial charge in [0.25, 0.3) is 0 Å². The SMILES string of the molecule is COc1ccc(Nc2cnnc(NCCc3cccc(Cl)c3)n2)cc1Cl. The van der Waals surface area contributed by atoms with E-state index in [1.54, 1.807) is 25.4 Å². The number of halogens is 2. The largest absolute Gasteiger partial charge is 0.495 e.